The zero-order valence-electron chi connectivity index (χ0n) is 10.7. The molecule has 4 nitrogen and oxygen atoms in total. The van der Waals surface area contributed by atoms with Gasteiger partial charge in [-0.3, -0.25) is 4.79 Å². The first kappa shape index (κ1) is 13.8. The second-order valence-electron chi connectivity index (χ2n) is 4.20. The quantitative estimate of drug-likeness (QED) is 0.845. The smallest absolute Gasteiger partial charge is 0.150 e. The van der Waals surface area contributed by atoms with Crippen LogP contribution in [-0.4, -0.2) is 18.0 Å². The molecule has 0 saturated carbocycles. The normalized spacial score (nSPS) is 9.80. The number of hydrogen-bond donors (Lipinski definition) is 1. The second kappa shape index (κ2) is 6.50. The van der Waals surface area contributed by atoms with Gasteiger partial charge >= 0.3 is 0 Å². The maximum absolute atomic E-state index is 10.7. The van der Waals surface area contributed by atoms with Crippen LogP contribution in [0.2, 0.25) is 0 Å². The molecule has 2 aromatic rings. The first-order valence-electron chi connectivity index (χ1n) is 6.14. The van der Waals surface area contributed by atoms with Crippen LogP contribution in [0.1, 0.15) is 21.5 Å². The molecule has 0 bridgehead atoms. The number of aliphatic hydroxyl groups is 1. The minimum absolute atomic E-state index is 0.103. The van der Waals surface area contributed by atoms with Gasteiger partial charge in [-0.05, 0) is 42.3 Å². The van der Waals surface area contributed by atoms with Gasteiger partial charge < -0.3 is 9.84 Å². The molecule has 0 heterocycles. The van der Waals surface area contributed by atoms with Crippen molar-refractivity contribution in [1.29, 1.82) is 5.26 Å². The Labute approximate surface area is 116 Å². The van der Waals surface area contributed by atoms with Gasteiger partial charge in [0.2, 0.25) is 0 Å². The van der Waals surface area contributed by atoms with Gasteiger partial charge in [-0.1, -0.05) is 12.1 Å². The lowest BCUT2D eigenvalue weighted by atomic mass is 10.1. The standard InChI is InChI=1S/C16H13NO3/c17-10-14-9-13(11-19)3-6-16(14)20-15-4-1-12(2-5-15)7-8-18/h1-6,9,11,18H,7-8H2. The van der Waals surface area contributed by atoms with Gasteiger partial charge in [0.1, 0.15) is 23.9 Å². The van der Waals surface area contributed by atoms with Crippen LogP contribution in [0.25, 0.3) is 0 Å². The molecule has 0 saturated heterocycles. The summed E-state index contributed by atoms with van der Waals surface area (Å²) in [7, 11) is 0. The van der Waals surface area contributed by atoms with Gasteiger partial charge in [-0.25, -0.2) is 0 Å². The largest absolute Gasteiger partial charge is 0.456 e. The van der Waals surface area contributed by atoms with E-state index in [2.05, 4.69) is 0 Å². The minimum atomic E-state index is 0.103. The molecule has 0 radical (unpaired) electrons. The van der Waals surface area contributed by atoms with Crippen molar-refractivity contribution in [2.45, 2.75) is 6.42 Å². The fourth-order valence-corrected chi connectivity index (χ4v) is 1.78. The number of ether oxygens (including phenoxy) is 1. The molecule has 2 rings (SSSR count). The van der Waals surface area contributed by atoms with Crippen molar-refractivity contribution in [2.24, 2.45) is 0 Å². The van der Waals surface area contributed by atoms with Crippen LogP contribution in [0, 0.1) is 11.3 Å². The Hall–Kier alpha value is -2.64. The van der Waals surface area contributed by atoms with Crippen LogP contribution in [-0.2, 0) is 6.42 Å². The zero-order chi connectivity index (χ0) is 14.4. The SMILES string of the molecule is N#Cc1cc(C=O)ccc1Oc1ccc(CCO)cc1. The van der Waals surface area contributed by atoms with Crippen molar-refractivity contribution in [3.8, 4) is 17.6 Å². The fraction of sp³-hybridized carbons (Fsp3) is 0.125. The fourth-order valence-electron chi connectivity index (χ4n) is 1.78. The molecule has 0 fully saturated rings. The summed E-state index contributed by atoms with van der Waals surface area (Å²) in [4.78, 5) is 10.7. The lowest BCUT2D eigenvalue weighted by Crippen LogP contribution is -1.92. The molecule has 0 amide bonds. The predicted octanol–water partition coefficient (Wildman–Crippen LogP) is 2.70. The number of benzene rings is 2. The molecule has 20 heavy (non-hydrogen) atoms. The number of carbonyl (C=O) groups is 1. The van der Waals surface area contributed by atoms with Crippen molar-refractivity contribution >= 4 is 6.29 Å². The van der Waals surface area contributed by atoms with Gasteiger partial charge in [0, 0.05) is 12.2 Å². The van der Waals surface area contributed by atoms with Crippen LogP contribution in [0.15, 0.2) is 42.5 Å². The van der Waals surface area contributed by atoms with E-state index in [1.54, 1.807) is 24.3 Å². The molecule has 0 aliphatic carbocycles. The summed E-state index contributed by atoms with van der Waals surface area (Å²) < 4.78 is 5.63. The zero-order valence-corrected chi connectivity index (χ0v) is 10.7. The number of nitriles is 1. The first-order valence-corrected chi connectivity index (χ1v) is 6.14. The molecule has 0 aromatic heterocycles. The average molecular weight is 267 g/mol. The molecule has 2 aromatic carbocycles. The van der Waals surface area contributed by atoms with Crippen molar-refractivity contribution < 1.29 is 14.6 Å². The van der Waals surface area contributed by atoms with E-state index in [0.29, 0.717) is 35.3 Å². The summed E-state index contributed by atoms with van der Waals surface area (Å²) >= 11 is 0. The third kappa shape index (κ3) is 3.22. The monoisotopic (exact) mass is 267 g/mol. The lowest BCUT2D eigenvalue weighted by molar-refractivity contribution is 0.112. The van der Waals surface area contributed by atoms with E-state index in [0.717, 1.165) is 5.56 Å². The maximum Gasteiger partial charge on any atom is 0.150 e. The lowest BCUT2D eigenvalue weighted by Gasteiger charge is -2.08. The molecule has 100 valence electrons. The summed E-state index contributed by atoms with van der Waals surface area (Å²) in [6, 6.07) is 14.0. The molecular weight excluding hydrogens is 254 g/mol. The highest BCUT2D eigenvalue weighted by atomic mass is 16.5. The van der Waals surface area contributed by atoms with E-state index >= 15 is 0 Å². The van der Waals surface area contributed by atoms with E-state index in [1.165, 1.54) is 6.07 Å². The van der Waals surface area contributed by atoms with E-state index < -0.39 is 0 Å². The van der Waals surface area contributed by atoms with Crippen LogP contribution in [0.3, 0.4) is 0 Å². The number of hydrogen-bond acceptors (Lipinski definition) is 4. The van der Waals surface area contributed by atoms with Crippen LogP contribution in [0.5, 0.6) is 11.5 Å². The van der Waals surface area contributed by atoms with Crippen LogP contribution < -0.4 is 4.74 Å². The number of nitrogens with zero attached hydrogens (tertiary/aromatic N) is 1. The Morgan fingerprint density at radius 2 is 1.95 bits per heavy atom. The highest BCUT2D eigenvalue weighted by Gasteiger charge is 2.06. The Morgan fingerprint density at radius 1 is 1.20 bits per heavy atom. The molecule has 0 spiro atoms. The van der Waals surface area contributed by atoms with E-state index in [-0.39, 0.29) is 6.61 Å². The third-order valence-corrected chi connectivity index (χ3v) is 2.81. The minimum Gasteiger partial charge on any atom is -0.456 e. The number of carbonyl (C=O) groups excluding carboxylic acids is 1. The van der Waals surface area contributed by atoms with Crippen LogP contribution in [0.4, 0.5) is 0 Å². The van der Waals surface area contributed by atoms with E-state index in [9.17, 15) is 4.79 Å². The third-order valence-electron chi connectivity index (χ3n) is 2.81. The van der Waals surface area contributed by atoms with Crippen molar-refractivity contribution in [2.75, 3.05) is 6.61 Å². The summed E-state index contributed by atoms with van der Waals surface area (Å²) in [6.07, 6.45) is 1.28. The second-order valence-corrected chi connectivity index (χ2v) is 4.20. The Balaban J connectivity index is 2.21. The summed E-state index contributed by atoms with van der Waals surface area (Å²) in [6.45, 7) is 0.103. The molecule has 0 atom stereocenters. The Morgan fingerprint density at radius 3 is 2.55 bits per heavy atom. The van der Waals surface area contributed by atoms with Gasteiger partial charge in [-0.15, -0.1) is 0 Å². The first-order chi connectivity index (χ1) is 9.76. The molecule has 1 N–H and O–H groups in total. The van der Waals surface area contributed by atoms with Gasteiger partial charge in [0.25, 0.3) is 0 Å². The Kier molecular flexibility index (Phi) is 4.48. The number of aliphatic hydroxyl groups excluding tert-OH is 1. The van der Waals surface area contributed by atoms with Gasteiger partial charge in [-0.2, -0.15) is 5.26 Å². The van der Waals surface area contributed by atoms with E-state index in [4.69, 9.17) is 15.1 Å². The van der Waals surface area contributed by atoms with Crippen molar-refractivity contribution in [3.05, 3.63) is 59.2 Å². The number of rotatable bonds is 5. The topological polar surface area (TPSA) is 70.3 Å². The molecule has 0 aliphatic rings. The van der Waals surface area contributed by atoms with E-state index in [1.807, 2.05) is 18.2 Å². The summed E-state index contributed by atoms with van der Waals surface area (Å²) in [5, 5.41) is 17.9. The van der Waals surface area contributed by atoms with Gasteiger partial charge in [0.05, 0.1) is 5.56 Å². The van der Waals surface area contributed by atoms with Crippen molar-refractivity contribution in [1.82, 2.24) is 0 Å². The molecular formula is C16H13NO3. The Bertz CT molecular complexity index is 642. The summed E-state index contributed by atoms with van der Waals surface area (Å²) in [5.41, 5.74) is 1.76. The number of aldehydes is 1. The molecule has 4 heteroatoms. The highest BCUT2D eigenvalue weighted by Crippen LogP contribution is 2.25. The van der Waals surface area contributed by atoms with Crippen LogP contribution >= 0.6 is 0 Å². The molecule has 0 unspecified atom stereocenters. The van der Waals surface area contributed by atoms with Crippen molar-refractivity contribution in [3.63, 3.8) is 0 Å². The van der Waals surface area contributed by atoms with Gasteiger partial charge in [0.15, 0.2) is 0 Å². The summed E-state index contributed by atoms with van der Waals surface area (Å²) in [5.74, 6) is 1.01. The average Bonchev–Trinajstić information content (AvgIpc) is 2.50. The molecule has 0 aliphatic heterocycles. The highest BCUT2D eigenvalue weighted by molar-refractivity contribution is 5.76. The predicted molar refractivity (Wildman–Crippen MR) is 73.9 cm³/mol. The maximum atomic E-state index is 10.7.